The van der Waals surface area contributed by atoms with Crippen LogP contribution in [0.1, 0.15) is 71.1 Å². The van der Waals surface area contributed by atoms with Crippen molar-refractivity contribution >= 4 is 54.3 Å². The van der Waals surface area contributed by atoms with Gasteiger partial charge in [0.1, 0.15) is 4.90 Å². The first-order chi connectivity index (χ1) is 13.1. The van der Waals surface area contributed by atoms with E-state index < -0.39 is 10.0 Å². The molecule has 0 aliphatic carbocycles. The molecule has 0 N–H and O–H groups in total. The van der Waals surface area contributed by atoms with E-state index in [2.05, 4.69) is 22.9 Å². The molecule has 0 bridgehead atoms. The molecule has 3 rings (SSSR count). The lowest BCUT2D eigenvalue weighted by Gasteiger charge is -2.28. The summed E-state index contributed by atoms with van der Waals surface area (Å²) < 4.78 is 28.7. The van der Waals surface area contributed by atoms with Crippen molar-refractivity contribution in [3.8, 4) is 9.75 Å². The Morgan fingerprint density at radius 2 is 1.59 bits per heavy atom. The van der Waals surface area contributed by atoms with E-state index in [1.165, 1.54) is 62.7 Å². The highest BCUT2D eigenvalue weighted by atomic mass is 79.9. The maximum atomic E-state index is 13.1. The van der Waals surface area contributed by atoms with Gasteiger partial charge in [-0.2, -0.15) is 0 Å². The predicted octanol–water partition coefficient (Wildman–Crippen LogP) is 7.67. The number of hydrogen-bond acceptors (Lipinski definition) is 4. The summed E-state index contributed by atoms with van der Waals surface area (Å²) in [5.41, 5.74) is 0.859. The predicted molar refractivity (Wildman–Crippen MR) is 122 cm³/mol. The SMILES string of the molecule is CCCCCCCCCCCCN1c2ccsc2-c2sc(Br)cc2S1(=O)=O. The maximum absolute atomic E-state index is 13.1. The molecule has 0 radical (unpaired) electrons. The molecule has 27 heavy (non-hydrogen) atoms. The van der Waals surface area contributed by atoms with Gasteiger partial charge in [0.2, 0.25) is 0 Å². The fraction of sp³-hybridized carbons (Fsp3) is 0.600. The minimum Gasteiger partial charge on any atom is -0.265 e. The first-order valence-corrected chi connectivity index (χ1v) is 13.9. The second-order valence-corrected chi connectivity index (χ2v) is 12.3. The normalized spacial score (nSPS) is 15.0. The molecular formula is C20H28BrNO2S3. The molecule has 2 aromatic rings. The minimum atomic E-state index is -3.44. The van der Waals surface area contributed by atoms with Crippen LogP contribution in [0.2, 0.25) is 0 Å². The summed E-state index contributed by atoms with van der Waals surface area (Å²) >= 11 is 6.59. The summed E-state index contributed by atoms with van der Waals surface area (Å²) in [4.78, 5) is 2.43. The third-order valence-corrected chi connectivity index (χ3v) is 9.74. The Bertz CT molecular complexity index is 841. The van der Waals surface area contributed by atoms with Gasteiger partial charge in [0.25, 0.3) is 10.0 Å². The highest BCUT2D eigenvalue weighted by Gasteiger charge is 2.37. The molecule has 0 saturated carbocycles. The maximum Gasteiger partial charge on any atom is 0.265 e. The van der Waals surface area contributed by atoms with Crippen molar-refractivity contribution in [2.75, 3.05) is 10.8 Å². The number of sulfonamides is 1. The first-order valence-electron chi connectivity index (χ1n) is 9.95. The van der Waals surface area contributed by atoms with Crippen molar-refractivity contribution < 1.29 is 8.42 Å². The van der Waals surface area contributed by atoms with Gasteiger partial charge >= 0.3 is 0 Å². The van der Waals surface area contributed by atoms with Crippen LogP contribution in [0.4, 0.5) is 5.69 Å². The molecule has 1 aliphatic heterocycles. The molecule has 7 heteroatoms. The summed E-state index contributed by atoms with van der Waals surface area (Å²) in [5.74, 6) is 0. The van der Waals surface area contributed by atoms with E-state index in [1.54, 1.807) is 21.7 Å². The topological polar surface area (TPSA) is 37.4 Å². The minimum absolute atomic E-state index is 0.460. The lowest BCUT2D eigenvalue weighted by Crippen LogP contribution is -2.34. The molecule has 0 spiro atoms. The summed E-state index contributed by atoms with van der Waals surface area (Å²) in [5, 5.41) is 1.99. The highest BCUT2D eigenvalue weighted by molar-refractivity contribution is 9.11. The Morgan fingerprint density at radius 1 is 0.963 bits per heavy atom. The van der Waals surface area contributed by atoms with Crippen molar-refractivity contribution in [2.45, 2.75) is 76.0 Å². The van der Waals surface area contributed by atoms with Crippen molar-refractivity contribution in [3.05, 3.63) is 21.3 Å². The molecule has 1 aliphatic rings. The van der Waals surface area contributed by atoms with Gasteiger partial charge in [0.15, 0.2) is 0 Å². The van der Waals surface area contributed by atoms with Crippen LogP contribution in [-0.2, 0) is 10.0 Å². The zero-order valence-corrected chi connectivity index (χ0v) is 19.9. The smallest absolute Gasteiger partial charge is 0.265 e. The Morgan fingerprint density at radius 3 is 2.26 bits per heavy atom. The number of fused-ring (bicyclic) bond motifs is 3. The third-order valence-electron chi connectivity index (χ3n) is 5.07. The van der Waals surface area contributed by atoms with Crippen LogP contribution in [0, 0.1) is 0 Å². The molecule has 3 heterocycles. The third kappa shape index (κ3) is 4.98. The number of unbranched alkanes of at least 4 members (excludes halogenated alkanes) is 9. The number of anilines is 1. The van der Waals surface area contributed by atoms with Gasteiger partial charge in [-0.3, -0.25) is 4.31 Å². The molecule has 0 atom stereocenters. The summed E-state index contributed by atoms with van der Waals surface area (Å²) in [6, 6.07) is 3.70. The number of hydrogen-bond donors (Lipinski definition) is 0. The van der Waals surface area contributed by atoms with E-state index in [-0.39, 0.29) is 0 Å². The van der Waals surface area contributed by atoms with Crippen LogP contribution in [0.5, 0.6) is 0 Å². The first kappa shape index (κ1) is 21.3. The van der Waals surface area contributed by atoms with Crippen molar-refractivity contribution in [3.63, 3.8) is 0 Å². The Labute approximate surface area is 180 Å². The van der Waals surface area contributed by atoms with Crippen molar-refractivity contribution in [1.82, 2.24) is 0 Å². The lowest BCUT2D eigenvalue weighted by molar-refractivity contribution is 0.555. The van der Waals surface area contributed by atoms with Gasteiger partial charge in [-0.05, 0) is 39.9 Å². The van der Waals surface area contributed by atoms with Gasteiger partial charge in [-0.15, -0.1) is 22.7 Å². The van der Waals surface area contributed by atoms with Gasteiger partial charge in [-0.25, -0.2) is 8.42 Å². The Hall–Kier alpha value is -0.370. The molecule has 2 aromatic heterocycles. The zero-order chi connectivity index (χ0) is 19.3. The molecule has 0 aromatic carbocycles. The molecule has 3 nitrogen and oxygen atoms in total. The van der Waals surface area contributed by atoms with Crippen LogP contribution >= 0.6 is 38.6 Å². The second-order valence-electron chi connectivity index (χ2n) is 7.14. The van der Waals surface area contributed by atoms with E-state index in [9.17, 15) is 8.42 Å². The highest BCUT2D eigenvalue weighted by Crippen LogP contribution is 2.50. The van der Waals surface area contributed by atoms with E-state index in [4.69, 9.17) is 0 Å². The van der Waals surface area contributed by atoms with Gasteiger partial charge in [0.05, 0.1) is 19.2 Å². The summed E-state index contributed by atoms with van der Waals surface area (Å²) in [6.07, 6.45) is 12.5. The number of halogens is 1. The van der Waals surface area contributed by atoms with E-state index in [0.717, 1.165) is 32.1 Å². The summed E-state index contributed by atoms with van der Waals surface area (Å²) in [6.45, 7) is 2.83. The number of thiophene rings is 2. The van der Waals surface area contributed by atoms with Crippen LogP contribution in [0.15, 0.2) is 26.2 Å². The fourth-order valence-electron chi connectivity index (χ4n) is 3.60. The largest absolute Gasteiger partial charge is 0.265 e. The molecule has 0 unspecified atom stereocenters. The standard InChI is InChI=1S/C20H28BrNO2S3/c1-2-3-4-5-6-7-8-9-10-11-13-22-16-12-14-25-19(16)20-17(27(22,23)24)15-18(21)26-20/h12,14-15H,2-11,13H2,1H3. The monoisotopic (exact) mass is 489 g/mol. The van der Waals surface area contributed by atoms with Crippen LogP contribution in [-0.4, -0.2) is 15.0 Å². The van der Waals surface area contributed by atoms with Gasteiger partial charge in [0, 0.05) is 6.54 Å². The molecule has 0 amide bonds. The second kappa shape index (κ2) is 9.90. The zero-order valence-electron chi connectivity index (χ0n) is 15.9. The van der Waals surface area contributed by atoms with E-state index in [1.807, 2.05) is 11.4 Å². The molecule has 0 fully saturated rings. The van der Waals surface area contributed by atoms with Crippen LogP contribution < -0.4 is 4.31 Å². The van der Waals surface area contributed by atoms with Crippen LogP contribution in [0.25, 0.3) is 9.75 Å². The Balaban J connectivity index is 1.50. The average molecular weight is 491 g/mol. The summed E-state index contributed by atoms with van der Waals surface area (Å²) in [7, 11) is -3.44. The lowest BCUT2D eigenvalue weighted by atomic mass is 10.1. The number of nitrogens with zero attached hydrogens (tertiary/aromatic N) is 1. The number of rotatable bonds is 11. The fourth-order valence-corrected chi connectivity index (χ4v) is 8.57. The molecule has 0 saturated heterocycles. The Kier molecular flexibility index (Phi) is 7.83. The van der Waals surface area contributed by atoms with Crippen molar-refractivity contribution in [2.24, 2.45) is 0 Å². The molecule has 150 valence electrons. The van der Waals surface area contributed by atoms with Crippen LogP contribution in [0.3, 0.4) is 0 Å². The van der Waals surface area contributed by atoms with E-state index >= 15 is 0 Å². The van der Waals surface area contributed by atoms with E-state index in [0.29, 0.717) is 11.4 Å². The van der Waals surface area contributed by atoms with Crippen molar-refractivity contribution in [1.29, 1.82) is 0 Å². The molecular weight excluding hydrogens is 462 g/mol. The quantitative estimate of drug-likeness (QED) is 0.303. The van der Waals surface area contributed by atoms with Gasteiger partial charge < -0.3 is 0 Å². The van der Waals surface area contributed by atoms with Gasteiger partial charge in [-0.1, -0.05) is 64.7 Å². The average Bonchev–Trinajstić information content (AvgIpc) is 3.25.